The van der Waals surface area contributed by atoms with Crippen LogP contribution in [0.25, 0.3) is 0 Å². The summed E-state index contributed by atoms with van der Waals surface area (Å²) < 4.78 is 11.5. The van der Waals surface area contributed by atoms with Crippen LogP contribution in [0.3, 0.4) is 0 Å². The molecule has 0 aromatic rings. The molecule has 6 nitrogen and oxygen atoms in total. The topological polar surface area (TPSA) is 93.1 Å². The molecule has 0 amide bonds. The second kappa shape index (κ2) is 25.1. The van der Waals surface area contributed by atoms with Gasteiger partial charge in [0.05, 0.1) is 13.2 Å². The Morgan fingerprint density at radius 3 is 1.52 bits per heavy atom. The summed E-state index contributed by atoms with van der Waals surface area (Å²) in [6.07, 6.45) is 18.2. The van der Waals surface area contributed by atoms with E-state index in [-0.39, 0.29) is 12.8 Å². The number of carboxylic acid groups (broad SMARTS) is 2. The molecule has 33 heavy (non-hydrogen) atoms. The molecule has 6 heteroatoms. The van der Waals surface area contributed by atoms with Gasteiger partial charge >= 0.3 is 11.9 Å². The van der Waals surface area contributed by atoms with Crippen molar-refractivity contribution in [2.45, 2.75) is 135 Å². The Balaban J connectivity index is 3.99. The van der Waals surface area contributed by atoms with Crippen LogP contribution in [0, 0.1) is 11.8 Å². The highest BCUT2D eigenvalue weighted by Gasteiger charge is 2.06. The van der Waals surface area contributed by atoms with Crippen LogP contribution >= 0.6 is 0 Å². The summed E-state index contributed by atoms with van der Waals surface area (Å²) in [5.41, 5.74) is 0. The molecule has 0 bridgehead atoms. The van der Waals surface area contributed by atoms with Gasteiger partial charge in [-0.25, -0.2) is 0 Å². The van der Waals surface area contributed by atoms with Crippen LogP contribution in [0.4, 0.5) is 0 Å². The lowest BCUT2D eigenvalue weighted by molar-refractivity contribution is -0.138. The van der Waals surface area contributed by atoms with Crippen LogP contribution in [0.5, 0.6) is 0 Å². The van der Waals surface area contributed by atoms with Crippen molar-refractivity contribution >= 4 is 11.9 Å². The van der Waals surface area contributed by atoms with Gasteiger partial charge in [-0.1, -0.05) is 83.5 Å². The molecular formula is C27H48O6. The Morgan fingerprint density at radius 1 is 0.636 bits per heavy atom. The molecule has 0 heterocycles. The zero-order valence-corrected chi connectivity index (χ0v) is 21.0. The van der Waals surface area contributed by atoms with E-state index in [0.29, 0.717) is 26.1 Å². The van der Waals surface area contributed by atoms with E-state index < -0.39 is 18.2 Å². The molecule has 0 saturated carbocycles. The number of carbonyl (C=O) groups is 2. The van der Waals surface area contributed by atoms with Crippen LogP contribution in [0.1, 0.15) is 129 Å². The highest BCUT2D eigenvalue weighted by Crippen LogP contribution is 2.11. The first-order valence-electron chi connectivity index (χ1n) is 13.2. The van der Waals surface area contributed by atoms with Crippen molar-refractivity contribution in [2.75, 3.05) is 13.2 Å². The molecule has 0 aromatic heterocycles. The fourth-order valence-corrected chi connectivity index (χ4v) is 3.48. The molecule has 0 unspecified atom stereocenters. The van der Waals surface area contributed by atoms with Crippen molar-refractivity contribution in [3.8, 4) is 11.8 Å². The minimum absolute atomic E-state index is 0.189. The van der Waals surface area contributed by atoms with Gasteiger partial charge < -0.3 is 19.7 Å². The Bertz CT molecular complexity index is 496. The van der Waals surface area contributed by atoms with E-state index in [0.717, 1.165) is 38.5 Å². The molecule has 0 rings (SSSR count). The summed E-state index contributed by atoms with van der Waals surface area (Å²) in [5.74, 6) is 4.74. The summed E-state index contributed by atoms with van der Waals surface area (Å²) in [7, 11) is 0. The number of unbranched alkanes of at least 4 members (excludes halogenated alkanes) is 14. The SMILES string of the molecule is CCCCCCCCCCCCC#CC(OCCCCCC(=O)O)OCCCCCC(=O)O. The minimum atomic E-state index is -0.766. The van der Waals surface area contributed by atoms with E-state index in [1.807, 2.05) is 0 Å². The molecule has 0 aromatic carbocycles. The largest absolute Gasteiger partial charge is 0.481 e. The van der Waals surface area contributed by atoms with Crippen LogP contribution in [-0.2, 0) is 19.1 Å². The van der Waals surface area contributed by atoms with Crippen LogP contribution < -0.4 is 0 Å². The maximum atomic E-state index is 10.6. The average Bonchev–Trinajstić information content (AvgIpc) is 2.78. The summed E-state index contributed by atoms with van der Waals surface area (Å²) >= 11 is 0. The normalized spacial score (nSPS) is 10.8. The highest BCUT2D eigenvalue weighted by molar-refractivity contribution is 5.66. The fraction of sp³-hybridized carbons (Fsp3) is 0.852. The molecule has 0 fully saturated rings. The molecule has 0 spiro atoms. The summed E-state index contributed by atoms with van der Waals surface area (Å²) in [6.45, 7) is 3.24. The van der Waals surface area contributed by atoms with E-state index >= 15 is 0 Å². The lowest BCUT2D eigenvalue weighted by Crippen LogP contribution is -2.17. The molecule has 2 N–H and O–H groups in total. The number of aliphatic carboxylic acids is 2. The molecule has 192 valence electrons. The van der Waals surface area contributed by atoms with Gasteiger partial charge in [0, 0.05) is 19.3 Å². The summed E-state index contributed by atoms with van der Waals surface area (Å²) in [4.78, 5) is 21.1. The van der Waals surface area contributed by atoms with E-state index in [1.165, 1.54) is 57.8 Å². The number of ether oxygens (including phenoxy) is 2. The van der Waals surface area contributed by atoms with E-state index in [4.69, 9.17) is 19.7 Å². The Kier molecular flexibility index (Phi) is 23.9. The average molecular weight is 469 g/mol. The zero-order valence-electron chi connectivity index (χ0n) is 21.0. The van der Waals surface area contributed by atoms with Crippen LogP contribution in [0.2, 0.25) is 0 Å². The molecule has 0 aliphatic rings. The summed E-state index contributed by atoms with van der Waals surface area (Å²) in [6, 6.07) is 0. The van der Waals surface area contributed by atoms with Crippen molar-refractivity contribution in [1.29, 1.82) is 0 Å². The number of rotatable bonds is 24. The molecule has 0 saturated heterocycles. The van der Waals surface area contributed by atoms with Gasteiger partial charge in [0.25, 0.3) is 0 Å². The molecule has 0 atom stereocenters. The van der Waals surface area contributed by atoms with Crippen molar-refractivity contribution in [1.82, 2.24) is 0 Å². The fourth-order valence-electron chi connectivity index (χ4n) is 3.48. The number of hydrogen-bond acceptors (Lipinski definition) is 4. The molecule has 0 aliphatic carbocycles. The van der Waals surface area contributed by atoms with Gasteiger partial charge in [0.1, 0.15) is 0 Å². The predicted molar refractivity (Wildman–Crippen MR) is 132 cm³/mol. The standard InChI is InChI=1S/C27H48O6/c1-2-3-4-5-6-7-8-9-10-11-12-17-22-27(32-23-18-13-15-20-25(28)29)33-24-19-14-16-21-26(30)31/h27H,2-16,18-21,23-24H2,1H3,(H,28,29)(H,30,31). The van der Waals surface area contributed by atoms with Gasteiger partial charge in [-0.05, 0) is 38.0 Å². The zero-order chi connectivity index (χ0) is 24.4. The third-order valence-corrected chi connectivity index (χ3v) is 5.48. The Morgan fingerprint density at radius 2 is 1.06 bits per heavy atom. The maximum absolute atomic E-state index is 10.6. The van der Waals surface area contributed by atoms with Crippen LogP contribution in [-0.4, -0.2) is 41.7 Å². The first kappa shape index (κ1) is 31.4. The van der Waals surface area contributed by atoms with Crippen molar-refractivity contribution in [3.05, 3.63) is 0 Å². The van der Waals surface area contributed by atoms with E-state index in [2.05, 4.69) is 18.8 Å². The van der Waals surface area contributed by atoms with Gasteiger partial charge in [0.15, 0.2) is 0 Å². The number of carboxylic acids is 2. The van der Waals surface area contributed by atoms with Crippen molar-refractivity contribution in [2.24, 2.45) is 0 Å². The smallest absolute Gasteiger partial charge is 0.303 e. The minimum Gasteiger partial charge on any atom is -0.481 e. The monoisotopic (exact) mass is 468 g/mol. The van der Waals surface area contributed by atoms with E-state index in [9.17, 15) is 9.59 Å². The third kappa shape index (κ3) is 26.6. The van der Waals surface area contributed by atoms with Crippen molar-refractivity contribution in [3.63, 3.8) is 0 Å². The third-order valence-electron chi connectivity index (χ3n) is 5.48. The molecule has 0 aliphatic heterocycles. The Labute approximate surface area is 201 Å². The lowest BCUT2D eigenvalue weighted by Gasteiger charge is -2.13. The lowest BCUT2D eigenvalue weighted by atomic mass is 10.1. The van der Waals surface area contributed by atoms with Gasteiger partial charge in [-0.3, -0.25) is 9.59 Å². The maximum Gasteiger partial charge on any atom is 0.303 e. The first-order chi connectivity index (χ1) is 16.1. The Hall–Kier alpha value is -1.58. The van der Waals surface area contributed by atoms with E-state index in [1.54, 1.807) is 0 Å². The number of hydrogen-bond donors (Lipinski definition) is 2. The quantitative estimate of drug-likeness (QED) is 0.0904. The van der Waals surface area contributed by atoms with Crippen molar-refractivity contribution < 1.29 is 29.3 Å². The second-order valence-electron chi connectivity index (χ2n) is 8.74. The van der Waals surface area contributed by atoms with Gasteiger partial charge in [-0.2, -0.15) is 0 Å². The van der Waals surface area contributed by atoms with Gasteiger partial charge in [0.2, 0.25) is 6.29 Å². The first-order valence-corrected chi connectivity index (χ1v) is 13.2. The molecule has 0 radical (unpaired) electrons. The molecular weight excluding hydrogens is 420 g/mol. The second-order valence-corrected chi connectivity index (χ2v) is 8.74. The van der Waals surface area contributed by atoms with Crippen LogP contribution in [0.15, 0.2) is 0 Å². The van der Waals surface area contributed by atoms with Gasteiger partial charge in [-0.15, -0.1) is 0 Å². The summed E-state index contributed by atoms with van der Waals surface area (Å²) in [5, 5.41) is 17.4. The highest BCUT2D eigenvalue weighted by atomic mass is 16.7. The predicted octanol–water partition coefficient (Wildman–Crippen LogP) is 6.95.